The molecule has 1 aliphatic heterocycles. The molecule has 3 unspecified atom stereocenters. The van der Waals surface area contributed by atoms with Crippen LogP contribution in [0.25, 0.3) is 10.9 Å². The second kappa shape index (κ2) is 29.2. The number of aliphatic hydroxyl groups is 2. The third kappa shape index (κ3) is 20.2. The minimum Gasteiger partial charge on any atom is -0.459 e. The number of nitrogens with two attached hydrogens (primary N) is 1. The van der Waals surface area contributed by atoms with E-state index in [2.05, 4.69) is 36.9 Å². The number of aromatic nitrogens is 1. The maximum Gasteiger partial charge on any atom is 0.325 e. The lowest BCUT2D eigenvalue weighted by Gasteiger charge is -2.27. The van der Waals surface area contributed by atoms with E-state index in [0.29, 0.717) is 31.2 Å². The van der Waals surface area contributed by atoms with Gasteiger partial charge in [-0.15, -0.1) is 0 Å². The van der Waals surface area contributed by atoms with Crippen LogP contribution in [-0.2, 0) is 54.3 Å². The Bertz CT molecular complexity index is 2030. The molecule has 7 amide bonds. The number of hydrogen-bond donors (Lipinski definition) is 10. The number of aliphatic hydroxyl groups excluding tert-OH is 2. The van der Waals surface area contributed by atoms with E-state index >= 15 is 0 Å². The number of nitrogens with one attached hydrogen (secondary N) is 7. The third-order valence-electron chi connectivity index (χ3n) is 10.7. The number of amides is 7. The summed E-state index contributed by atoms with van der Waals surface area (Å²) in [6.45, 7) is 1.13. The van der Waals surface area contributed by atoms with Gasteiger partial charge in [-0.2, -0.15) is 0 Å². The first-order valence-electron chi connectivity index (χ1n) is 22.5. The molecule has 0 saturated carbocycles. The predicted molar refractivity (Wildman–Crippen MR) is 243 cm³/mol. The highest BCUT2D eigenvalue weighted by Crippen LogP contribution is 2.19. The fourth-order valence-electron chi connectivity index (χ4n) is 7.01. The monoisotopic (exact) mass is 922 g/mol. The van der Waals surface area contributed by atoms with Gasteiger partial charge in [0.2, 0.25) is 41.4 Å². The van der Waals surface area contributed by atoms with Crippen molar-refractivity contribution in [2.24, 2.45) is 5.73 Å². The first-order chi connectivity index (χ1) is 31.6. The van der Waals surface area contributed by atoms with Crippen LogP contribution in [0.4, 0.5) is 0 Å². The number of allylic oxidation sites excluding steroid dienone is 4. The van der Waals surface area contributed by atoms with Gasteiger partial charge in [0.05, 0.1) is 12.7 Å². The Morgan fingerprint density at radius 1 is 0.879 bits per heavy atom. The van der Waals surface area contributed by atoms with E-state index in [1.165, 1.54) is 13.0 Å². The first kappa shape index (κ1) is 53.9. The molecule has 11 N–H and O–H groups in total. The number of esters is 1. The van der Waals surface area contributed by atoms with E-state index in [9.17, 15) is 53.4 Å². The van der Waals surface area contributed by atoms with Crippen LogP contribution in [0.5, 0.6) is 0 Å². The van der Waals surface area contributed by atoms with Gasteiger partial charge in [-0.3, -0.25) is 43.2 Å². The van der Waals surface area contributed by atoms with Crippen LogP contribution in [0, 0.1) is 0 Å². The maximum absolute atomic E-state index is 13.7. The summed E-state index contributed by atoms with van der Waals surface area (Å²) < 4.78 is 5.38. The summed E-state index contributed by atoms with van der Waals surface area (Å²) in [6, 6.07) is 1.58. The molecule has 1 aromatic carbocycles. The summed E-state index contributed by atoms with van der Waals surface area (Å²) in [6.07, 6.45) is 12.3. The first-order valence-corrected chi connectivity index (χ1v) is 22.5. The summed E-state index contributed by atoms with van der Waals surface area (Å²) in [5.74, 6) is -6.48. The Morgan fingerprint density at radius 3 is 2.33 bits per heavy atom. The van der Waals surface area contributed by atoms with Crippen LogP contribution < -0.4 is 37.6 Å². The number of H-pyrrole nitrogens is 1. The Kier molecular flexibility index (Phi) is 23.9. The number of ketones is 1. The number of primary amides is 1. The highest BCUT2D eigenvalue weighted by Gasteiger charge is 2.34. The Hall–Kier alpha value is -6.41. The molecule has 362 valence electrons. The van der Waals surface area contributed by atoms with Gasteiger partial charge in [0.1, 0.15) is 36.8 Å². The molecule has 0 spiro atoms. The fraction of sp³-hybridized carbons (Fsp3) is 0.543. The number of ether oxygens (including phenoxy) is 1. The van der Waals surface area contributed by atoms with Crippen molar-refractivity contribution in [1.82, 2.24) is 36.9 Å². The highest BCUT2D eigenvalue weighted by atomic mass is 16.5. The van der Waals surface area contributed by atoms with E-state index in [4.69, 9.17) is 10.5 Å². The number of carbonyl (C=O) groups excluding carboxylic acids is 9. The Morgan fingerprint density at radius 2 is 1.61 bits per heavy atom. The van der Waals surface area contributed by atoms with Gasteiger partial charge >= 0.3 is 5.97 Å². The molecule has 0 radical (unpaired) electrons. The standard InChI is InChI=1S/C46H66N8O12/c1-29(56)15-9-5-3-6-10-16-32(57)17-11-7-4-8-12-20-39(59)51-35(21-22-38(47)58)44(63)54-42-30(2)66-41(61)27-50-43(62)37(28-55)53-45(64)36(52-40(60)23-24-48-46(42)65)25-31-26-49-34-19-14-13-18-33(31)34/h3,6,10,13-14,16,18-19,26,29-30,35-37,42,49,55-56H,4-5,7-9,11-12,15,17,20-25,27-28H2,1-2H3,(H2,47,58)(H,48,65)(H,50,62)(H,51,59)(H,52,60)(H,53,64)(H,54,63)/b6-3+,16-10+/t29?,30?,35-,36-,37-,42?/m1/s1. The summed E-state index contributed by atoms with van der Waals surface area (Å²) in [7, 11) is 0. The summed E-state index contributed by atoms with van der Waals surface area (Å²) in [5.41, 5.74) is 6.80. The number of cyclic esters (lactones) is 1. The second-order valence-electron chi connectivity index (χ2n) is 16.3. The number of rotatable bonds is 23. The van der Waals surface area contributed by atoms with Gasteiger partial charge < -0.3 is 57.6 Å². The van der Waals surface area contributed by atoms with Crippen molar-refractivity contribution in [1.29, 1.82) is 0 Å². The minimum absolute atomic E-state index is 0.0117. The molecular formula is C46H66N8O12. The second-order valence-corrected chi connectivity index (χ2v) is 16.3. The van der Waals surface area contributed by atoms with E-state index in [1.54, 1.807) is 25.3 Å². The summed E-state index contributed by atoms with van der Waals surface area (Å²) in [4.78, 5) is 120. The Balaban J connectivity index is 1.61. The molecule has 1 aliphatic rings. The SMILES string of the molecule is CC(O)CCC/C=C/C=C/C(=O)CCCCCCCC(=O)N[C@H](CCC(N)=O)C(=O)NC1C(=O)NCCC(=O)N[C@H](Cc2c[nH]c3ccccc23)C(=O)N[C@H](CO)C(=O)NCC(=O)OC1C. The van der Waals surface area contributed by atoms with Crippen LogP contribution >= 0.6 is 0 Å². The van der Waals surface area contributed by atoms with Crippen molar-refractivity contribution in [3.05, 3.63) is 60.3 Å². The van der Waals surface area contributed by atoms with E-state index < -0.39 is 90.7 Å². The number of carbonyl (C=O) groups is 9. The molecule has 0 bridgehead atoms. The lowest BCUT2D eigenvalue weighted by Crippen LogP contribution is -2.58. The smallest absolute Gasteiger partial charge is 0.325 e. The Labute approximate surface area is 384 Å². The van der Waals surface area contributed by atoms with Crippen LogP contribution in [0.3, 0.4) is 0 Å². The van der Waals surface area contributed by atoms with Crippen molar-refractivity contribution in [2.75, 3.05) is 19.7 Å². The molecule has 20 nitrogen and oxygen atoms in total. The lowest BCUT2D eigenvalue weighted by atomic mass is 10.0. The van der Waals surface area contributed by atoms with Crippen molar-refractivity contribution < 1.29 is 58.1 Å². The van der Waals surface area contributed by atoms with Gasteiger partial charge in [-0.05, 0) is 70.1 Å². The fourth-order valence-corrected chi connectivity index (χ4v) is 7.01. The van der Waals surface area contributed by atoms with Crippen molar-refractivity contribution in [3.63, 3.8) is 0 Å². The molecule has 3 rings (SSSR count). The number of hydrogen-bond acceptors (Lipinski definition) is 12. The van der Waals surface area contributed by atoms with Crippen molar-refractivity contribution in [3.8, 4) is 0 Å². The van der Waals surface area contributed by atoms with Gasteiger partial charge in [-0.25, -0.2) is 0 Å². The van der Waals surface area contributed by atoms with E-state index in [0.717, 1.165) is 43.0 Å². The number of para-hydroxylation sites is 1. The number of benzene rings is 1. The van der Waals surface area contributed by atoms with E-state index in [-0.39, 0.29) is 50.5 Å². The molecule has 66 heavy (non-hydrogen) atoms. The highest BCUT2D eigenvalue weighted by molar-refractivity contribution is 5.95. The predicted octanol–water partition coefficient (Wildman–Crippen LogP) is 0.439. The van der Waals surface area contributed by atoms with E-state index in [1.807, 2.05) is 30.4 Å². The lowest BCUT2D eigenvalue weighted by molar-refractivity contribution is -0.152. The number of aromatic amines is 1. The third-order valence-corrected chi connectivity index (χ3v) is 10.7. The van der Waals surface area contributed by atoms with Crippen molar-refractivity contribution >= 4 is 64.0 Å². The largest absolute Gasteiger partial charge is 0.459 e. The summed E-state index contributed by atoms with van der Waals surface area (Å²) in [5, 5.41) is 34.9. The normalized spacial score (nSPS) is 20.1. The number of fused-ring (bicyclic) bond motifs is 1. The molecule has 1 saturated heterocycles. The molecule has 2 aromatic rings. The summed E-state index contributed by atoms with van der Waals surface area (Å²) >= 11 is 0. The molecular weight excluding hydrogens is 857 g/mol. The number of unbranched alkanes of at least 4 members (excludes halogenated alkanes) is 5. The van der Waals surface area contributed by atoms with Crippen LogP contribution in [-0.4, -0.2) is 124 Å². The minimum atomic E-state index is -1.60. The molecule has 1 aromatic heterocycles. The maximum atomic E-state index is 13.7. The topological polar surface area (TPSA) is 317 Å². The average molecular weight is 923 g/mol. The average Bonchev–Trinajstić information content (AvgIpc) is 3.68. The quantitative estimate of drug-likeness (QED) is 0.0314. The zero-order chi connectivity index (χ0) is 48.4. The molecule has 2 heterocycles. The zero-order valence-corrected chi connectivity index (χ0v) is 37.7. The van der Waals surface area contributed by atoms with Crippen LogP contribution in [0.1, 0.15) is 103 Å². The van der Waals surface area contributed by atoms with Gasteiger partial charge in [0.25, 0.3) is 0 Å². The van der Waals surface area contributed by atoms with Gasteiger partial charge in [0, 0.05) is 55.7 Å². The molecule has 0 aliphatic carbocycles. The molecule has 6 atom stereocenters. The van der Waals surface area contributed by atoms with Crippen LogP contribution in [0.2, 0.25) is 0 Å². The van der Waals surface area contributed by atoms with Gasteiger partial charge in [-0.1, -0.05) is 55.7 Å². The molecule has 1 fully saturated rings. The van der Waals surface area contributed by atoms with Crippen molar-refractivity contribution in [2.45, 2.75) is 140 Å². The molecule has 20 heteroatoms. The zero-order valence-electron chi connectivity index (χ0n) is 37.7. The van der Waals surface area contributed by atoms with Crippen LogP contribution in [0.15, 0.2) is 54.8 Å². The van der Waals surface area contributed by atoms with Gasteiger partial charge in [0.15, 0.2) is 5.78 Å².